The quantitative estimate of drug-likeness (QED) is 0.756. The molecule has 1 saturated carbocycles. The van der Waals surface area contributed by atoms with Crippen LogP contribution in [0.5, 0.6) is 0 Å². The third kappa shape index (κ3) is 3.07. The maximum atomic E-state index is 13.4. The fourth-order valence-corrected chi connectivity index (χ4v) is 2.53. The number of rotatable bonds is 4. The van der Waals surface area contributed by atoms with Gasteiger partial charge < -0.3 is 16.2 Å². The van der Waals surface area contributed by atoms with E-state index < -0.39 is 5.82 Å². The zero-order chi connectivity index (χ0) is 13.0. The Hall–Kier alpha value is -1.43. The molecule has 1 aromatic rings. The van der Waals surface area contributed by atoms with Crippen LogP contribution in [-0.2, 0) is 0 Å². The smallest absolute Gasteiger partial charge is 0.222 e. The summed E-state index contributed by atoms with van der Waals surface area (Å²) in [5.74, 6) is 0.361. The van der Waals surface area contributed by atoms with Gasteiger partial charge in [0.1, 0.15) is 0 Å². The third-order valence-corrected chi connectivity index (χ3v) is 3.60. The Kier molecular flexibility index (Phi) is 4.30. The molecule has 2 unspecified atom stereocenters. The molecule has 100 valence electrons. The Morgan fingerprint density at radius 1 is 1.39 bits per heavy atom. The number of anilines is 2. The maximum absolute atomic E-state index is 13.4. The first-order chi connectivity index (χ1) is 8.70. The Morgan fingerprint density at radius 2 is 2.11 bits per heavy atom. The maximum Gasteiger partial charge on any atom is 0.222 e. The highest BCUT2D eigenvalue weighted by molar-refractivity contribution is 5.39. The van der Waals surface area contributed by atoms with Crippen molar-refractivity contribution in [3.63, 3.8) is 0 Å². The second kappa shape index (κ2) is 5.95. The number of hydrogen-bond acceptors (Lipinski definition) is 5. The second-order valence-electron chi connectivity index (χ2n) is 4.79. The van der Waals surface area contributed by atoms with Crippen molar-refractivity contribution in [2.24, 2.45) is 11.8 Å². The number of nitrogen functional groups attached to an aromatic ring is 1. The molecule has 18 heavy (non-hydrogen) atoms. The highest BCUT2D eigenvalue weighted by Crippen LogP contribution is 2.29. The number of nitrogens with zero attached hydrogens (tertiary/aromatic N) is 2. The van der Waals surface area contributed by atoms with Crippen LogP contribution in [0.4, 0.5) is 16.2 Å². The zero-order valence-electron chi connectivity index (χ0n) is 10.3. The number of aliphatic hydroxyl groups excluding tert-OH is 1. The van der Waals surface area contributed by atoms with E-state index in [2.05, 4.69) is 15.3 Å². The van der Waals surface area contributed by atoms with Crippen LogP contribution in [0, 0.1) is 17.7 Å². The van der Waals surface area contributed by atoms with Crippen molar-refractivity contribution < 1.29 is 9.50 Å². The largest absolute Gasteiger partial charge is 0.396 e. The van der Waals surface area contributed by atoms with E-state index in [0.29, 0.717) is 18.4 Å². The molecule has 0 aromatic carbocycles. The Balaban J connectivity index is 1.95. The summed E-state index contributed by atoms with van der Waals surface area (Å²) in [6.45, 7) is 0.805. The van der Waals surface area contributed by atoms with E-state index in [1.165, 1.54) is 0 Å². The lowest BCUT2D eigenvalue weighted by Crippen LogP contribution is -2.29. The Morgan fingerprint density at radius 3 is 2.83 bits per heavy atom. The monoisotopic (exact) mass is 254 g/mol. The van der Waals surface area contributed by atoms with Crippen molar-refractivity contribution in [2.45, 2.75) is 25.7 Å². The minimum atomic E-state index is -0.499. The molecule has 1 fully saturated rings. The van der Waals surface area contributed by atoms with Gasteiger partial charge in [-0.05, 0) is 24.7 Å². The Labute approximate surface area is 106 Å². The SMILES string of the molecule is Nc1ncc(F)c(NCC2CCCCC2CO)n1. The molecule has 1 aromatic heterocycles. The van der Waals surface area contributed by atoms with Crippen LogP contribution < -0.4 is 11.1 Å². The normalized spacial score (nSPS) is 23.9. The molecule has 1 aliphatic carbocycles. The molecule has 0 bridgehead atoms. The van der Waals surface area contributed by atoms with Gasteiger partial charge in [-0.1, -0.05) is 12.8 Å². The van der Waals surface area contributed by atoms with Gasteiger partial charge in [0, 0.05) is 13.2 Å². The minimum Gasteiger partial charge on any atom is -0.396 e. The number of nitrogens with two attached hydrogens (primary N) is 1. The van der Waals surface area contributed by atoms with Crippen molar-refractivity contribution in [3.8, 4) is 0 Å². The topological polar surface area (TPSA) is 84.1 Å². The summed E-state index contributed by atoms with van der Waals surface area (Å²) in [6, 6.07) is 0. The molecule has 0 spiro atoms. The van der Waals surface area contributed by atoms with Crippen molar-refractivity contribution in [3.05, 3.63) is 12.0 Å². The standard InChI is InChI=1S/C12H19FN4O/c13-10-6-16-12(14)17-11(10)15-5-8-3-1-2-4-9(8)7-18/h6,8-9,18H,1-5,7H2,(H3,14,15,16,17). The molecule has 1 heterocycles. The summed E-state index contributed by atoms with van der Waals surface area (Å²) in [6.07, 6.45) is 5.49. The van der Waals surface area contributed by atoms with E-state index in [9.17, 15) is 9.50 Å². The van der Waals surface area contributed by atoms with E-state index in [1.807, 2.05) is 0 Å². The molecule has 0 aliphatic heterocycles. The molecular formula is C12H19FN4O. The van der Waals surface area contributed by atoms with Crippen LogP contribution in [0.3, 0.4) is 0 Å². The first-order valence-electron chi connectivity index (χ1n) is 6.33. The van der Waals surface area contributed by atoms with E-state index in [1.54, 1.807) is 0 Å². The lowest BCUT2D eigenvalue weighted by atomic mass is 9.79. The predicted octanol–water partition coefficient (Wildman–Crippen LogP) is 1.41. The highest BCUT2D eigenvalue weighted by Gasteiger charge is 2.24. The van der Waals surface area contributed by atoms with Crippen LogP contribution in [0.1, 0.15) is 25.7 Å². The van der Waals surface area contributed by atoms with E-state index in [0.717, 1.165) is 31.9 Å². The minimum absolute atomic E-state index is 0.0567. The van der Waals surface area contributed by atoms with Crippen LogP contribution in [0.25, 0.3) is 0 Å². The number of aromatic nitrogens is 2. The molecule has 1 aliphatic rings. The molecule has 0 amide bonds. The van der Waals surface area contributed by atoms with Gasteiger partial charge in [0.15, 0.2) is 11.6 Å². The average Bonchev–Trinajstić information content (AvgIpc) is 2.40. The van der Waals surface area contributed by atoms with Crippen molar-refractivity contribution >= 4 is 11.8 Å². The lowest BCUT2D eigenvalue weighted by Gasteiger charge is -2.30. The van der Waals surface area contributed by atoms with Gasteiger partial charge in [0.25, 0.3) is 0 Å². The summed E-state index contributed by atoms with van der Waals surface area (Å²) in [5.41, 5.74) is 5.42. The lowest BCUT2D eigenvalue weighted by molar-refractivity contribution is 0.141. The van der Waals surface area contributed by atoms with Crippen molar-refractivity contribution in [1.82, 2.24) is 9.97 Å². The molecule has 4 N–H and O–H groups in total. The molecule has 2 atom stereocenters. The number of hydrogen-bond donors (Lipinski definition) is 3. The first kappa shape index (κ1) is 13.0. The molecule has 0 radical (unpaired) electrons. The number of aliphatic hydroxyl groups is 1. The van der Waals surface area contributed by atoms with Crippen molar-refractivity contribution in [1.29, 1.82) is 0 Å². The van der Waals surface area contributed by atoms with Crippen LogP contribution >= 0.6 is 0 Å². The summed E-state index contributed by atoms with van der Waals surface area (Å²) in [5, 5.41) is 12.3. The predicted molar refractivity (Wildman–Crippen MR) is 67.4 cm³/mol. The van der Waals surface area contributed by atoms with Crippen LogP contribution in [0.15, 0.2) is 6.20 Å². The van der Waals surface area contributed by atoms with Gasteiger partial charge >= 0.3 is 0 Å². The molecule has 0 saturated heterocycles. The second-order valence-corrected chi connectivity index (χ2v) is 4.79. The summed E-state index contributed by atoms with van der Waals surface area (Å²) >= 11 is 0. The molecule has 2 rings (SSSR count). The first-order valence-corrected chi connectivity index (χ1v) is 6.33. The zero-order valence-corrected chi connectivity index (χ0v) is 10.3. The van der Waals surface area contributed by atoms with E-state index in [4.69, 9.17) is 5.73 Å². The molecule has 6 heteroatoms. The molecular weight excluding hydrogens is 235 g/mol. The van der Waals surface area contributed by atoms with Gasteiger partial charge in [-0.3, -0.25) is 0 Å². The average molecular weight is 254 g/mol. The van der Waals surface area contributed by atoms with Gasteiger partial charge in [0.2, 0.25) is 5.95 Å². The van der Waals surface area contributed by atoms with Crippen LogP contribution in [0.2, 0.25) is 0 Å². The highest BCUT2D eigenvalue weighted by atomic mass is 19.1. The summed E-state index contributed by atoms with van der Waals surface area (Å²) < 4.78 is 13.4. The van der Waals surface area contributed by atoms with Gasteiger partial charge in [-0.15, -0.1) is 0 Å². The van der Waals surface area contributed by atoms with Crippen LogP contribution in [-0.4, -0.2) is 28.2 Å². The van der Waals surface area contributed by atoms with E-state index >= 15 is 0 Å². The van der Waals surface area contributed by atoms with Gasteiger partial charge in [-0.25, -0.2) is 9.37 Å². The fourth-order valence-electron chi connectivity index (χ4n) is 2.53. The Bertz CT molecular complexity index is 402. The van der Waals surface area contributed by atoms with Gasteiger partial charge in [0.05, 0.1) is 6.20 Å². The van der Waals surface area contributed by atoms with Crippen molar-refractivity contribution in [2.75, 3.05) is 24.2 Å². The third-order valence-electron chi connectivity index (χ3n) is 3.60. The van der Waals surface area contributed by atoms with Gasteiger partial charge in [-0.2, -0.15) is 4.98 Å². The fraction of sp³-hybridized carbons (Fsp3) is 0.667. The summed E-state index contributed by atoms with van der Waals surface area (Å²) in [7, 11) is 0. The van der Waals surface area contributed by atoms with E-state index in [-0.39, 0.29) is 18.4 Å². The summed E-state index contributed by atoms with van der Waals surface area (Å²) in [4.78, 5) is 7.40. The number of halogens is 1. The number of nitrogens with one attached hydrogen (secondary N) is 1. The molecule has 5 nitrogen and oxygen atoms in total.